The second-order valence-electron chi connectivity index (χ2n) is 3.75. The number of nitrogen functional groups attached to an aromatic ring is 1. The fourth-order valence-corrected chi connectivity index (χ4v) is 1.93. The lowest BCUT2D eigenvalue weighted by molar-refractivity contribution is 0.0995. The number of hydrogen-bond donors (Lipinski definition) is 2. The summed E-state index contributed by atoms with van der Waals surface area (Å²) in [6, 6.07) is 6.55. The first-order valence-corrected chi connectivity index (χ1v) is 6.27. The fourth-order valence-electron chi connectivity index (χ4n) is 1.46. The number of amides is 1. The van der Waals surface area contributed by atoms with Gasteiger partial charge in [0.15, 0.2) is 10.4 Å². The van der Waals surface area contributed by atoms with Crippen LogP contribution in [-0.2, 0) is 0 Å². The molecule has 1 amide bonds. The summed E-state index contributed by atoms with van der Waals surface area (Å²) in [5.41, 5.74) is 7.58. The van der Waals surface area contributed by atoms with Gasteiger partial charge in [-0.15, -0.1) is 0 Å². The molecule has 0 saturated heterocycles. The Bertz CT molecular complexity index is 610. The SMILES string of the molecule is Cc1cc(N)c(Cl)cc1NC(=O)c1ccc(Br)o1. The largest absolute Gasteiger partial charge is 0.444 e. The van der Waals surface area contributed by atoms with Crippen molar-refractivity contribution in [2.24, 2.45) is 0 Å². The summed E-state index contributed by atoms with van der Waals surface area (Å²) in [5.74, 6) is -0.126. The fraction of sp³-hybridized carbons (Fsp3) is 0.0833. The Hall–Kier alpha value is -1.46. The molecular formula is C12H10BrClN2O2. The molecule has 2 aromatic rings. The van der Waals surface area contributed by atoms with Crippen molar-refractivity contribution in [2.75, 3.05) is 11.1 Å². The van der Waals surface area contributed by atoms with E-state index < -0.39 is 0 Å². The van der Waals surface area contributed by atoms with Gasteiger partial charge in [-0.3, -0.25) is 4.79 Å². The molecule has 1 aromatic carbocycles. The minimum Gasteiger partial charge on any atom is -0.444 e. The molecule has 0 radical (unpaired) electrons. The molecule has 18 heavy (non-hydrogen) atoms. The predicted molar refractivity (Wildman–Crippen MR) is 75.0 cm³/mol. The number of rotatable bonds is 2. The third-order valence-electron chi connectivity index (χ3n) is 2.39. The molecule has 6 heteroatoms. The van der Waals surface area contributed by atoms with E-state index in [1.807, 2.05) is 6.92 Å². The van der Waals surface area contributed by atoms with Crippen LogP contribution in [0.4, 0.5) is 11.4 Å². The summed E-state index contributed by atoms with van der Waals surface area (Å²) < 4.78 is 5.66. The summed E-state index contributed by atoms with van der Waals surface area (Å²) in [4.78, 5) is 11.9. The van der Waals surface area contributed by atoms with Crippen molar-refractivity contribution < 1.29 is 9.21 Å². The summed E-state index contributed by atoms with van der Waals surface area (Å²) in [7, 11) is 0. The summed E-state index contributed by atoms with van der Waals surface area (Å²) >= 11 is 9.05. The number of anilines is 2. The van der Waals surface area contributed by atoms with Gasteiger partial charge in [-0.25, -0.2) is 0 Å². The lowest BCUT2D eigenvalue weighted by Gasteiger charge is -2.09. The number of carbonyl (C=O) groups excluding carboxylic acids is 1. The monoisotopic (exact) mass is 328 g/mol. The molecule has 0 bridgehead atoms. The molecule has 0 saturated carbocycles. The van der Waals surface area contributed by atoms with Crippen molar-refractivity contribution in [1.82, 2.24) is 0 Å². The number of aryl methyl sites for hydroxylation is 1. The quantitative estimate of drug-likeness (QED) is 0.823. The maximum Gasteiger partial charge on any atom is 0.291 e. The average Bonchev–Trinajstić information content (AvgIpc) is 2.73. The van der Waals surface area contributed by atoms with Gasteiger partial charge in [-0.05, 0) is 52.7 Å². The van der Waals surface area contributed by atoms with Crippen LogP contribution < -0.4 is 11.1 Å². The third-order valence-corrected chi connectivity index (χ3v) is 3.14. The van der Waals surface area contributed by atoms with E-state index in [0.717, 1.165) is 5.56 Å². The van der Waals surface area contributed by atoms with Gasteiger partial charge >= 0.3 is 0 Å². The van der Waals surface area contributed by atoms with E-state index in [2.05, 4.69) is 21.2 Å². The van der Waals surface area contributed by atoms with Crippen molar-refractivity contribution in [3.8, 4) is 0 Å². The Kier molecular flexibility index (Phi) is 3.63. The molecule has 0 fully saturated rings. The van der Waals surface area contributed by atoms with Gasteiger partial charge in [0.1, 0.15) is 0 Å². The maximum atomic E-state index is 11.9. The van der Waals surface area contributed by atoms with Crippen LogP contribution in [0.25, 0.3) is 0 Å². The maximum absolute atomic E-state index is 11.9. The van der Waals surface area contributed by atoms with E-state index in [-0.39, 0.29) is 11.7 Å². The van der Waals surface area contributed by atoms with Crippen molar-refractivity contribution >= 4 is 44.8 Å². The third kappa shape index (κ3) is 2.68. The highest BCUT2D eigenvalue weighted by Gasteiger charge is 2.12. The number of carbonyl (C=O) groups is 1. The first-order valence-electron chi connectivity index (χ1n) is 5.09. The van der Waals surface area contributed by atoms with Gasteiger partial charge < -0.3 is 15.5 Å². The average molecular weight is 330 g/mol. The number of halogens is 2. The Morgan fingerprint density at radius 2 is 2.17 bits per heavy atom. The van der Waals surface area contributed by atoms with Crippen molar-refractivity contribution in [2.45, 2.75) is 6.92 Å². The number of hydrogen-bond acceptors (Lipinski definition) is 3. The van der Waals surface area contributed by atoms with E-state index in [1.165, 1.54) is 0 Å². The molecule has 0 aliphatic heterocycles. The second-order valence-corrected chi connectivity index (χ2v) is 4.94. The van der Waals surface area contributed by atoms with Crippen LogP contribution in [0.1, 0.15) is 16.1 Å². The molecule has 94 valence electrons. The molecule has 0 spiro atoms. The Morgan fingerprint density at radius 1 is 1.44 bits per heavy atom. The highest BCUT2D eigenvalue weighted by Crippen LogP contribution is 2.27. The zero-order valence-corrected chi connectivity index (χ0v) is 11.8. The van der Waals surface area contributed by atoms with Gasteiger partial charge in [0.05, 0.1) is 10.7 Å². The van der Waals surface area contributed by atoms with Crippen LogP contribution in [-0.4, -0.2) is 5.91 Å². The van der Waals surface area contributed by atoms with Crippen LogP contribution in [0.2, 0.25) is 5.02 Å². The lowest BCUT2D eigenvalue weighted by Crippen LogP contribution is -2.12. The highest BCUT2D eigenvalue weighted by molar-refractivity contribution is 9.10. The highest BCUT2D eigenvalue weighted by atomic mass is 79.9. The van der Waals surface area contributed by atoms with Crippen LogP contribution >= 0.6 is 27.5 Å². The van der Waals surface area contributed by atoms with Crippen molar-refractivity contribution in [1.29, 1.82) is 0 Å². The molecule has 0 atom stereocenters. The van der Waals surface area contributed by atoms with Crippen molar-refractivity contribution in [3.63, 3.8) is 0 Å². The molecular weight excluding hydrogens is 320 g/mol. The summed E-state index contributed by atoms with van der Waals surface area (Å²) in [6.45, 7) is 1.83. The smallest absolute Gasteiger partial charge is 0.291 e. The van der Waals surface area contributed by atoms with Crippen LogP contribution in [0, 0.1) is 6.92 Å². The standard InChI is InChI=1S/C12H10BrClN2O2/c1-6-4-8(15)7(14)5-9(6)16-12(17)10-2-3-11(13)18-10/h2-5H,15H2,1H3,(H,16,17). The van der Waals surface area contributed by atoms with Crippen LogP contribution in [0.3, 0.4) is 0 Å². The molecule has 1 aromatic heterocycles. The first kappa shape index (κ1) is 13.0. The van der Waals surface area contributed by atoms with E-state index in [0.29, 0.717) is 21.1 Å². The molecule has 0 aliphatic rings. The van der Waals surface area contributed by atoms with E-state index >= 15 is 0 Å². The Balaban J connectivity index is 2.24. The van der Waals surface area contributed by atoms with E-state index in [1.54, 1.807) is 24.3 Å². The summed E-state index contributed by atoms with van der Waals surface area (Å²) in [6.07, 6.45) is 0. The van der Waals surface area contributed by atoms with Crippen LogP contribution in [0.5, 0.6) is 0 Å². The molecule has 3 N–H and O–H groups in total. The second kappa shape index (κ2) is 5.04. The topological polar surface area (TPSA) is 68.3 Å². The van der Waals surface area contributed by atoms with E-state index in [4.69, 9.17) is 21.8 Å². The summed E-state index contributed by atoms with van der Waals surface area (Å²) in [5, 5.41) is 3.11. The number of benzene rings is 1. The minimum atomic E-state index is -0.343. The molecule has 0 aliphatic carbocycles. The van der Waals surface area contributed by atoms with Crippen molar-refractivity contribution in [3.05, 3.63) is 45.3 Å². The van der Waals surface area contributed by atoms with Gasteiger partial charge in [-0.2, -0.15) is 0 Å². The normalized spacial score (nSPS) is 10.4. The van der Waals surface area contributed by atoms with Gasteiger partial charge in [-0.1, -0.05) is 11.6 Å². The minimum absolute atomic E-state index is 0.217. The predicted octanol–water partition coefficient (Wildman–Crippen LogP) is 3.84. The number of furan rings is 1. The van der Waals surface area contributed by atoms with Gasteiger partial charge in [0.25, 0.3) is 5.91 Å². The molecule has 4 nitrogen and oxygen atoms in total. The number of nitrogens with two attached hydrogens (primary N) is 1. The van der Waals surface area contributed by atoms with E-state index in [9.17, 15) is 4.79 Å². The zero-order valence-electron chi connectivity index (χ0n) is 9.46. The lowest BCUT2D eigenvalue weighted by atomic mass is 10.1. The Morgan fingerprint density at radius 3 is 2.78 bits per heavy atom. The van der Waals surface area contributed by atoms with Crippen LogP contribution in [0.15, 0.2) is 33.4 Å². The van der Waals surface area contributed by atoms with Gasteiger partial charge in [0, 0.05) is 5.69 Å². The molecule has 2 rings (SSSR count). The molecule has 1 heterocycles. The number of nitrogens with one attached hydrogen (secondary N) is 1. The zero-order chi connectivity index (χ0) is 13.3. The van der Waals surface area contributed by atoms with Gasteiger partial charge in [0.2, 0.25) is 0 Å². The Labute approximate surface area is 117 Å². The first-order chi connectivity index (χ1) is 8.47. The molecule has 0 unspecified atom stereocenters.